The number of furan rings is 1. The van der Waals surface area contributed by atoms with Crippen molar-refractivity contribution in [3.63, 3.8) is 0 Å². The Labute approximate surface area is 113 Å². The molecule has 1 saturated heterocycles. The highest BCUT2D eigenvalue weighted by Crippen LogP contribution is 2.17. The monoisotopic (exact) mass is 274 g/mol. The van der Waals surface area contributed by atoms with Gasteiger partial charge in [-0.3, -0.25) is 4.90 Å². The number of hydrogen-bond donors (Lipinski definition) is 1. The fraction of sp³-hybridized carbons (Fsp3) is 0.583. The molecule has 0 aliphatic carbocycles. The molecule has 1 aliphatic heterocycles. The van der Waals surface area contributed by atoms with E-state index in [9.17, 15) is 4.79 Å². The van der Waals surface area contributed by atoms with Crippen molar-refractivity contribution in [2.45, 2.75) is 13.5 Å². The molecule has 0 atom stereocenters. The number of aryl methyl sites for hydroxylation is 1. The van der Waals surface area contributed by atoms with Crippen molar-refractivity contribution >= 4 is 18.4 Å². The molecular weight excluding hydrogens is 256 g/mol. The highest BCUT2D eigenvalue weighted by molar-refractivity contribution is 5.90. The lowest BCUT2D eigenvalue weighted by Gasteiger charge is -2.26. The maximum Gasteiger partial charge on any atom is 0.341 e. The van der Waals surface area contributed by atoms with E-state index in [0.717, 1.165) is 38.5 Å². The number of hydrogen-bond acceptors (Lipinski definition) is 5. The van der Waals surface area contributed by atoms with E-state index in [1.54, 1.807) is 13.0 Å². The molecule has 5 nitrogen and oxygen atoms in total. The van der Waals surface area contributed by atoms with Gasteiger partial charge in [-0.25, -0.2) is 4.79 Å². The van der Waals surface area contributed by atoms with Crippen LogP contribution in [0.25, 0.3) is 0 Å². The maximum absolute atomic E-state index is 11.4. The Hall–Kier alpha value is -1.04. The summed E-state index contributed by atoms with van der Waals surface area (Å²) in [6.45, 7) is 6.56. The summed E-state index contributed by atoms with van der Waals surface area (Å²) in [7, 11) is 1.38. The molecule has 0 radical (unpaired) electrons. The van der Waals surface area contributed by atoms with Crippen molar-refractivity contribution in [2.75, 3.05) is 33.3 Å². The van der Waals surface area contributed by atoms with Gasteiger partial charge in [0.25, 0.3) is 0 Å². The third kappa shape index (κ3) is 3.48. The molecule has 2 heterocycles. The normalized spacial score (nSPS) is 16.1. The first-order valence-corrected chi connectivity index (χ1v) is 5.81. The molecule has 0 bridgehead atoms. The van der Waals surface area contributed by atoms with Gasteiger partial charge in [0.1, 0.15) is 17.1 Å². The lowest BCUT2D eigenvalue weighted by Crippen LogP contribution is -2.42. The predicted molar refractivity (Wildman–Crippen MR) is 70.2 cm³/mol. The van der Waals surface area contributed by atoms with Crippen LogP contribution in [0, 0.1) is 6.92 Å². The van der Waals surface area contributed by atoms with Crippen LogP contribution in [0.2, 0.25) is 0 Å². The Kier molecular flexibility index (Phi) is 5.65. The van der Waals surface area contributed by atoms with Crippen LogP contribution in [0.1, 0.15) is 21.9 Å². The fourth-order valence-electron chi connectivity index (χ4n) is 2.02. The molecule has 0 saturated carbocycles. The molecule has 1 aromatic heterocycles. The minimum atomic E-state index is -0.335. The zero-order chi connectivity index (χ0) is 12.3. The molecular formula is C12H19ClN2O3. The van der Waals surface area contributed by atoms with Crippen molar-refractivity contribution in [3.05, 3.63) is 23.2 Å². The van der Waals surface area contributed by atoms with E-state index in [2.05, 4.69) is 10.2 Å². The Balaban J connectivity index is 0.00000162. The molecule has 0 amide bonds. The van der Waals surface area contributed by atoms with Crippen LogP contribution in [-0.2, 0) is 11.3 Å². The number of piperazine rings is 1. The minimum Gasteiger partial charge on any atom is -0.465 e. The summed E-state index contributed by atoms with van der Waals surface area (Å²) < 4.78 is 10.3. The zero-order valence-corrected chi connectivity index (χ0v) is 11.5. The van der Waals surface area contributed by atoms with E-state index < -0.39 is 0 Å². The number of carbonyl (C=O) groups is 1. The van der Waals surface area contributed by atoms with Gasteiger partial charge in [0.15, 0.2) is 0 Å². The molecule has 1 aliphatic rings. The molecule has 1 fully saturated rings. The Morgan fingerprint density at radius 2 is 2.17 bits per heavy atom. The van der Waals surface area contributed by atoms with Crippen molar-refractivity contribution in [3.8, 4) is 0 Å². The second-order valence-electron chi connectivity index (χ2n) is 4.20. The summed E-state index contributed by atoms with van der Waals surface area (Å²) in [4.78, 5) is 13.7. The first kappa shape index (κ1) is 15.0. The average Bonchev–Trinajstić information content (AvgIpc) is 2.70. The standard InChI is InChI=1S/C12H18N2O3.ClH/c1-9-11(12(15)16-2)7-10(17-9)8-14-5-3-13-4-6-14;/h7,13H,3-6,8H2,1-2H3;1H. The van der Waals surface area contributed by atoms with Crippen LogP contribution in [0.5, 0.6) is 0 Å². The molecule has 0 unspecified atom stereocenters. The van der Waals surface area contributed by atoms with E-state index in [1.165, 1.54) is 7.11 Å². The quantitative estimate of drug-likeness (QED) is 0.840. The summed E-state index contributed by atoms with van der Waals surface area (Å²) >= 11 is 0. The number of methoxy groups -OCH3 is 1. The number of nitrogens with zero attached hydrogens (tertiary/aromatic N) is 1. The van der Waals surface area contributed by atoms with Gasteiger partial charge in [-0.05, 0) is 13.0 Å². The number of halogens is 1. The van der Waals surface area contributed by atoms with Crippen molar-refractivity contribution in [1.29, 1.82) is 0 Å². The molecule has 0 aromatic carbocycles. The summed E-state index contributed by atoms with van der Waals surface area (Å²) in [5.41, 5.74) is 0.526. The first-order valence-electron chi connectivity index (χ1n) is 5.81. The van der Waals surface area contributed by atoms with Crippen LogP contribution in [0.4, 0.5) is 0 Å². The molecule has 102 valence electrons. The number of esters is 1. The van der Waals surface area contributed by atoms with Gasteiger partial charge < -0.3 is 14.5 Å². The number of rotatable bonds is 3. The molecule has 6 heteroatoms. The SMILES string of the molecule is COC(=O)c1cc(CN2CCNCC2)oc1C.Cl. The van der Waals surface area contributed by atoms with Gasteiger partial charge in [0.05, 0.1) is 13.7 Å². The third-order valence-electron chi connectivity index (χ3n) is 2.96. The van der Waals surface area contributed by atoms with Gasteiger partial charge in [0.2, 0.25) is 0 Å². The van der Waals surface area contributed by atoms with Gasteiger partial charge in [-0.1, -0.05) is 0 Å². The number of ether oxygens (including phenoxy) is 1. The van der Waals surface area contributed by atoms with E-state index in [-0.39, 0.29) is 18.4 Å². The highest BCUT2D eigenvalue weighted by atomic mass is 35.5. The van der Waals surface area contributed by atoms with Crippen molar-refractivity contribution in [2.24, 2.45) is 0 Å². The van der Waals surface area contributed by atoms with E-state index >= 15 is 0 Å². The molecule has 1 N–H and O–H groups in total. The van der Waals surface area contributed by atoms with Gasteiger partial charge in [-0.2, -0.15) is 0 Å². The molecule has 1 aromatic rings. The second kappa shape index (κ2) is 6.78. The van der Waals surface area contributed by atoms with E-state index in [1.807, 2.05) is 0 Å². The van der Waals surface area contributed by atoms with Crippen LogP contribution >= 0.6 is 12.4 Å². The Morgan fingerprint density at radius 3 is 2.78 bits per heavy atom. The largest absolute Gasteiger partial charge is 0.465 e. The number of nitrogens with one attached hydrogen (secondary N) is 1. The van der Waals surface area contributed by atoms with Crippen LogP contribution in [-0.4, -0.2) is 44.2 Å². The third-order valence-corrected chi connectivity index (χ3v) is 2.96. The molecule has 18 heavy (non-hydrogen) atoms. The summed E-state index contributed by atoms with van der Waals surface area (Å²) in [5, 5.41) is 3.30. The van der Waals surface area contributed by atoms with Crippen LogP contribution < -0.4 is 5.32 Å². The lowest BCUT2D eigenvalue weighted by molar-refractivity contribution is 0.0599. The first-order chi connectivity index (χ1) is 8.20. The zero-order valence-electron chi connectivity index (χ0n) is 10.7. The van der Waals surface area contributed by atoms with Crippen LogP contribution in [0.3, 0.4) is 0 Å². The van der Waals surface area contributed by atoms with Gasteiger partial charge in [0, 0.05) is 26.2 Å². The summed E-state index contributed by atoms with van der Waals surface area (Å²) in [5.74, 6) is 1.12. The summed E-state index contributed by atoms with van der Waals surface area (Å²) in [6.07, 6.45) is 0. The van der Waals surface area contributed by atoms with E-state index in [4.69, 9.17) is 9.15 Å². The lowest BCUT2D eigenvalue weighted by atomic mass is 10.2. The second-order valence-corrected chi connectivity index (χ2v) is 4.20. The molecule has 0 spiro atoms. The molecule has 2 rings (SSSR count). The average molecular weight is 275 g/mol. The Bertz CT molecular complexity index is 400. The van der Waals surface area contributed by atoms with E-state index in [0.29, 0.717) is 11.3 Å². The smallest absolute Gasteiger partial charge is 0.341 e. The van der Waals surface area contributed by atoms with Crippen molar-refractivity contribution in [1.82, 2.24) is 10.2 Å². The topological polar surface area (TPSA) is 54.7 Å². The Morgan fingerprint density at radius 1 is 1.50 bits per heavy atom. The fourth-order valence-corrected chi connectivity index (χ4v) is 2.02. The summed E-state index contributed by atoms with van der Waals surface area (Å²) in [6, 6.07) is 1.78. The number of carbonyl (C=O) groups excluding carboxylic acids is 1. The van der Waals surface area contributed by atoms with Gasteiger partial charge >= 0.3 is 5.97 Å². The van der Waals surface area contributed by atoms with Crippen molar-refractivity contribution < 1.29 is 13.9 Å². The predicted octanol–water partition coefficient (Wildman–Crippen LogP) is 1.20. The minimum absolute atomic E-state index is 0. The highest BCUT2D eigenvalue weighted by Gasteiger charge is 2.17. The van der Waals surface area contributed by atoms with Gasteiger partial charge in [-0.15, -0.1) is 12.4 Å². The van der Waals surface area contributed by atoms with Crippen LogP contribution in [0.15, 0.2) is 10.5 Å². The maximum atomic E-state index is 11.4.